The lowest BCUT2D eigenvalue weighted by Crippen LogP contribution is -2.36. The Hall–Kier alpha value is -4.50. The van der Waals surface area contributed by atoms with Crippen molar-refractivity contribution >= 4 is 11.3 Å². The molecule has 0 saturated carbocycles. The molecule has 6 rings (SSSR count). The lowest BCUT2D eigenvalue weighted by atomic mass is 10.1. The summed E-state index contributed by atoms with van der Waals surface area (Å²) in [6, 6.07) is 19.8. The summed E-state index contributed by atoms with van der Waals surface area (Å²) in [6.07, 6.45) is 4.03. The monoisotopic (exact) mass is 511 g/mol. The topological polar surface area (TPSA) is 84.8 Å². The third-order valence-electron chi connectivity index (χ3n) is 6.53. The predicted molar refractivity (Wildman–Crippen MR) is 142 cm³/mol. The third kappa shape index (κ3) is 5.01. The Bertz CT molecular complexity index is 1610. The fourth-order valence-electron chi connectivity index (χ4n) is 4.53. The van der Waals surface area contributed by atoms with Gasteiger partial charge in [0.05, 0.1) is 18.9 Å². The van der Waals surface area contributed by atoms with Gasteiger partial charge in [0.15, 0.2) is 11.5 Å². The average molecular weight is 512 g/mol. The molecule has 1 saturated heterocycles. The molecule has 1 N–H and O–H groups in total. The van der Waals surface area contributed by atoms with Gasteiger partial charge in [-0.05, 0) is 35.4 Å². The van der Waals surface area contributed by atoms with E-state index in [0.29, 0.717) is 36.8 Å². The van der Waals surface area contributed by atoms with Crippen LogP contribution < -0.4 is 15.2 Å². The molecule has 3 aromatic heterocycles. The van der Waals surface area contributed by atoms with Gasteiger partial charge in [-0.25, -0.2) is 14.4 Å². The van der Waals surface area contributed by atoms with Crippen LogP contribution >= 0.6 is 0 Å². The van der Waals surface area contributed by atoms with E-state index in [1.807, 2.05) is 42.5 Å². The van der Waals surface area contributed by atoms with E-state index < -0.39 is 0 Å². The van der Waals surface area contributed by atoms with E-state index >= 15 is 0 Å². The number of H-pyrrole nitrogens is 1. The molecule has 0 atom stereocenters. The number of halogens is 1. The Balaban J connectivity index is 1.39. The molecule has 0 unspecified atom stereocenters. The summed E-state index contributed by atoms with van der Waals surface area (Å²) in [5, 5.41) is 0. The Labute approximate surface area is 218 Å². The zero-order chi connectivity index (χ0) is 25.9. The normalized spacial score (nSPS) is 13.7. The first kappa shape index (κ1) is 23.9. The molecule has 5 aromatic rings. The smallest absolute Gasteiger partial charge is 0.301 e. The fraction of sp³-hybridized carbons (Fsp3) is 0.207. The van der Waals surface area contributed by atoms with Crippen molar-refractivity contribution < 1.29 is 13.9 Å². The van der Waals surface area contributed by atoms with Crippen LogP contribution in [-0.4, -0.2) is 45.7 Å². The predicted octanol–water partition coefficient (Wildman–Crippen LogP) is 4.23. The van der Waals surface area contributed by atoms with Crippen molar-refractivity contribution in [2.45, 2.75) is 13.0 Å². The highest BCUT2D eigenvalue weighted by atomic mass is 19.1. The van der Waals surface area contributed by atoms with Crippen LogP contribution in [0.2, 0.25) is 0 Å². The van der Waals surface area contributed by atoms with Gasteiger partial charge in [0.25, 0.3) is 0 Å². The number of ether oxygens (including phenoxy) is 2. The number of fused-ring (bicyclic) bond motifs is 1. The number of aromatic amines is 1. The van der Waals surface area contributed by atoms with Crippen molar-refractivity contribution in [3.63, 3.8) is 0 Å². The SMILES string of the molecule is O=c1c(OCc2ccccc2)c(-c2ncc(Cc3ccc(F)cc3)[nH]2)nc2ccc(N3CCOCC3)cn12. The van der Waals surface area contributed by atoms with Gasteiger partial charge in [0, 0.05) is 37.6 Å². The quantitative estimate of drug-likeness (QED) is 0.352. The molecule has 192 valence electrons. The van der Waals surface area contributed by atoms with Crippen LogP contribution in [0.1, 0.15) is 16.8 Å². The van der Waals surface area contributed by atoms with Gasteiger partial charge in [-0.1, -0.05) is 42.5 Å². The first-order valence-corrected chi connectivity index (χ1v) is 12.5. The first-order valence-electron chi connectivity index (χ1n) is 12.5. The molecular weight excluding hydrogens is 485 g/mol. The molecule has 0 spiro atoms. The summed E-state index contributed by atoms with van der Waals surface area (Å²) in [7, 11) is 0. The Morgan fingerprint density at radius 2 is 1.76 bits per heavy atom. The van der Waals surface area contributed by atoms with Crippen LogP contribution in [0.25, 0.3) is 17.2 Å². The zero-order valence-corrected chi connectivity index (χ0v) is 20.6. The van der Waals surface area contributed by atoms with E-state index in [2.05, 4.69) is 14.9 Å². The summed E-state index contributed by atoms with van der Waals surface area (Å²) < 4.78 is 26.4. The van der Waals surface area contributed by atoms with Crippen LogP contribution in [0.5, 0.6) is 5.75 Å². The minimum Gasteiger partial charge on any atom is -0.481 e. The van der Waals surface area contributed by atoms with E-state index in [1.165, 1.54) is 16.5 Å². The van der Waals surface area contributed by atoms with Gasteiger partial charge in [-0.2, -0.15) is 0 Å². The number of nitrogens with one attached hydrogen (secondary N) is 1. The van der Waals surface area contributed by atoms with Gasteiger partial charge in [-0.3, -0.25) is 9.20 Å². The minimum atomic E-state index is -0.312. The van der Waals surface area contributed by atoms with Crippen LogP contribution in [0.3, 0.4) is 0 Å². The number of benzene rings is 2. The van der Waals surface area contributed by atoms with Crippen LogP contribution in [0.15, 0.2) is 83.9 Å². The number of imidazole rings is 1. The zero-order valence-electron chi connectivity index (χ0n) is 20.6. The van der Waals surface area contributed by atoms with Crippen LogP contribution in [0, 0.1) is 5.82 Å². The third-order valence-corrected chi connectivity index (χ3v) is 6.53. The number of rotatable bonds is 7. The number of anilines is 1. The van der Waals surface area contributed by atoms with E-state index in [9.17, 15) is 9.18 Å². The second-order valence-electron chi connectivity index (χ2n) is 9.14. The van der Waals surface area contributed by atoms with Gasteiger partial charge in [0.2, 0.25) is 5.75 Å². The maximum Gasteiger partial charge on any atom is 0.301 e. The largest absolute Gasteiger partial charge is 0.481 e. The van der Waals surface area contributed by atoms with Crippen LogP contribution in [-0.2, 0) is 17.8 Å². The van der Waals surface area contributed by atoms with Gasteiger partial charge in [0.1, 0.15) is 18.1 Å². The minimum absolute atomic E-state index is 0.119. The summed E-state index contributed by atoms with van der Waals surface area (Å²) in [4.78, 5) is 28.5. The number of nitrogens with zero attached hydrogens (tertiary/aromatic N) is 4. The van der Waals surface area contributed by atoms with E-state index in [4.69, 9.17) is 14.5 Å². The molecular formula is C29H26FN5O3. The highest BCUT2D eigenvalue weighted by Gasteiger charge is 2.20. The summed E-state index contributed by atoms with van der Waals surface area (Å²) in [5.41, 5.74) is 4.12. The van der Waals surface area contributed by atoms with Crippen molar-refractivity contribution in [3.8, 4) is 17.3 Å². The maximum absolute atomic E-state index is 13.8. The Morgan fingerprint density at radius 3 is 2.55 bits per heavy atom. The fourth-order valence-corrected chi connectivity index (χ4v) is 4.53. The average Bonchev–Trinajstić information content (AvgIpc) is 3.43. The second-order valence-corrected chi connectivity index (χ2v) is 9.14. The van der Waals surface area contributed by atoms with Crippen LogP contribution in [0.4, 0.5) is 10.1 Å². The van der Waals surface area contributed by atoms with Gasteiger partial charge in [-0.15, -0.1) is 0 Å². The number of morpholine rings is 1. The Morgan fingerprint density at radius 1 is 0.974 bits per heavy atom. The lowest BCUT2D eigenvalue weighted by Gasteiger charge is -2.28. The van der Waals surface area contributed by atoms with E-state index in [-0.39, 0.29) is 23.7 Å². The molecule has 0 radical (unpaired) electrons. The van der Waals surface area contributed by atoms with E-state index in [0.717, 1.165) is 35.6 Å². The Kier molecular flexibility index (Phi) is 6.58. The molecule has 0 aliphatic carbocycles. The van der Waals surface area contributed by atoms with Crippen molar-refractivity contribution in [2.24, 2.45) is 0 Å². The lowest BCUT2D eigenvalue weighted by molar-refractivity contribution is 0.122. The second kappa shape index (κ2) is 10.5. The van der Waals surface area contributed by atoms with Gasteiger partial charge >= 0.3 is 5.56 Å². The number of aromatic nitrogens is 4. The maximum atomic E-state index is 13.8. The number of hydrogen-bond acceptors (Lipinski definition) is 6. The molecule has 4 heterocycles. The molecule has 0 amide bonds. The summed E-state index contributed by atoms with van der Waals surface area (Å²) >= 11 is 0. The molecule has 38 heavy (non-hydrogen) atoms. The molecule has 0 bridgehead atoms. The molecule has 8 nitrogen and oxygen atoms in total. The standard InChI is InChI=1S/C29H26FN5O3/c30-22-8-6-20(7-9-22)16-23-17-31-28(32-23)26-27(38-19-21-4-2-1-3-5-21)29(36)35-18-24(10-11-25(35)33-26)34-12-14-37-15-13-34/h1-11,17-18H,12-16,19H2,(H,31,32). The summed E-state index contributed by atoms with van der Waals surface area (Å²) in [5.74, 6) is 0.270. The molecule has 1 fully saturated rings. The highest BCUT2D eigenvalue weighted by molar-refractivity contribution is 5.64. The summed E-state index contributed by atoms with van der Waals surface area (Å²) in [6.45, 7) is 3.02. The molecule has 1 aliphatic heterocycles. The van der Waals surface area contributed by atoms with Crippen molar-refractivity contribution in [1.82, 2.24) is 19.4 Å². The number of hydrogen-bond donors (Lipinski definition) is 1. The van der Waals surface area contributed by atoms with E-state index in [1.54, 1.807) is 24.5 Å². The number of pyridine rings is 1. The van der Waals surface area contributed by atoms with Crippen molar-refractivity contribution in [1.29, 1.82) is 0 Å². The van der Waals surface area contributed by atoms with Gasteiger partial charge < -0.3 is 19.4 Å². The molecule has 1 aliphatic rings. The molecule has 9 heteroatoms. The first-order chi connectivity index (χ1) is 18.6. The van der Waals surface area contributed by atoms with Crippen molar-refractivity contribution in [2.75, 3.05) is 31.2 Å². The molecule has 2 aromatic carbocycles. The highest BCUT2D eigenvalue weighted by Crippen LogP contribution is 2.26. The van der Waals surface area contributed by atoms with Crippen molar-refractivity contribution in [3.05, 3.63) is 112 Å².